The third-order valence-electron chi connectivity index (χ3n) is 5.22. The van der Waals surface area contributed by atoms with Crippen molar-refractivity contribution in [3.63, 3.8) is 0 Å². The summed E-state index contributed by atoms with van der Waals surface area (Å²) in [5.41, 5.74) is 0.337. The maximum Gasteiger partial charge on any atom is 0.137 e. The van der Waals surface area contributed by atoms with Crippen molar-refractivity contribution in [2.75, 3.05) is 13.1 Å². The summed E-state index contributed by atoms with van der Waals surface area (Å²) in [5.74, 6) is 1.48. The number of carbonyl (C=O) groups is 1. The molecule has 0 heterocycles. The van der Waals surface area contributed by atoms with Crippen LogP contribution in [0.3, 0.4) is 0 Å². The van der Waals surface area contributed by atoms with Crippen molar-refractivity contribution >= 4 is 5.78 Å². The summed E-state index contributed by atoms with van der Waals surface area (Å²) < 4.78 is 0. The molecule has 21 heavy (non-hydrogen) atoms. The smallest absolute Gasteiger partial charge is 0.137 e. The van der Waals surface area contributed by atoms with Gasteiger partial charge < -0.3 is 4.90 Å². The fourth-order valence-corrected chi connectivity index (χ4v) is 3.48. The van der Waals surface area contributed by atoms with Crippen molar-refractivity contribution in [3.05, 3.63) is 0 Å². The van der Waals surface area contributed by atoms with E-state index in [4.69, 9.17) is 0 Å². The molecule has 2 unspecified atom stereocenters. The average Bonchev–Trinajstić information content (AvgIpc) is 2.38. The highest BCUT2D eigenvalue weighted by molar-refractivity contribution is 5.82. The van der Waals surface area contributed by atoms with Crippen LogP contribution in [0, 0.1) is 17.3 Å². The second-order valence-corrected chi connectivity index (χ2v) is 8.30. The molecule has 0 radical (unpaired) electrons. The number of hydrogen-bond donors (Lipinski definition) is 0. The minimum Gasteiger partial charge on any atom is -0.300 e. The molecule has 1 fully saturated rings. The predicted octanol–water partition coefficient (Wildman–Crippen LogP) is 4.92. The molecule has 1 saturated carbocycles. The van der Waals surface area contributed by atoms with Crippen molar-refractivity contribution in [1.29, 1.82) is 0 Å². The molecule has 0 aromatic carbocycles. The van der Waals surface area contributed by atoms with Gasteiger partial charge in [-0.2, -0.15) is 0 Å². The van der Waals surface area contributed by atoms with Crippen molar-refractivity contribution in [2.24, 2.45) is 17.3 Å². The zero-order chi connectivity index (χ0) is 16.0. The molecular formula is C19H37NO. The lowest BCUT2D eigenvalue weighted by Crippen LogP contribution is -2.42. The Hall–Kier alpha value is -0.370. The molecule has 2 atom stereocenters. The predicted molar refractivity (Wildman–Crippen MR) is 91.5 cm³/mol. The Kier molecular flexibility index (Phi) is 7.39. The molecule has 0 aliphatic heterocycles. The van der Waals surface area contributed by atoms with E-state index >= 15 is 0 Å². The van der Waals surface area contributed by atoms with Crippen LogP contribution in [0.2, 0.25) is 0 Å². The molecule has 0 spiro atoms. The second kappa shape index (κ2) is 8.31. The Labute approximate surface area is 132 Å². The van der Waals surface area contributed by atoms with Crippen LogP contribution < -0.4 is 0 Å². The SMILES string of the molecule is CCCCCN(CC1CC(C(C)(C)C)CCC1=O)C(C)C. The van der Waals surface area contributed by atoms with E-state index in [1.807, 2.05) is 0 Å². The fourth-order valence-electron chi connectivity index (χ4n) is 3.48. The van der Waals surface area contributed by atoms with E-state index in [9.17, 15) is 4.79 Å². The first-order valence-corrected chi connectivity index (χ1v) is 9.02. The van der Waals surface area contributed by atoms with Crippen LogP contribution in [0.15, 0.2) is 0 Å². The lowest BCUT2D eigenvalue weighted by Gasteiger charge is -2.39. The van der Waals surface area contributed by atoms with Crippen LogP contribution in [-0.4, -0.2) is 29.8 Å². The summed E-state index contributed by atoms with van der Waals surface area (Å²) in [6, 6.07) is 0.546. The van der Waals surface area contributed by atoms with Gasteiger partial charge in [-0.1, -0.05) is 40.5 Å². The van der Waals surface area contributed by atoms with Gasteiger partial charge in [-0.05, 0) is 51.0 Å². The van der Waals surface area contributed by atoms with Crippen LogP contribution >= 0.6 is 0 Å². The molecule has 124 valence electrons. The van der Waals surface area contributed by atoms with Crippen LogP contribution in [0.5, 0.6) is 0 Å². The van der Waals surface area contributed by atoms with Crippen molar-refractivity contribution in [3.8, 4) is 0 Å². The van der Waals surface area contributed by atoms with Gasteiger partial charge in [0.15, 0.2) is 0 Å². The van der Waals surface area contributed by atoms with Gasteiger partial charge >= 0.3 is 0 Å². The van der Waals surface area contributed by atoms with Gasteiger partial charge in [0.25, 0.3) is 0 Å². The lowest BCUT2D eigenvalue weighted by atomic mass is 9.68. The lowest BCUT2D eigenvalue weighted by molar-refractivity contribution is -0.127. The minimum atomic E-state index is 0.270. The van der Waals surface area contributed by atoms with Gasteiger partial charge in [0.2, 0.25) is 0 Å². The monoisotopic (exact) mass is 295 g/mol. The number of hydrogen-bond acceptors (Lipinski definition) is 2. The minimum absolute atomic E-state index is 0.270. The number of rotatable bonds is 7. The molecule has 1 rings (SSSR count). The van der Waals surface area contributed by atoms with Gasteiger partial charge in [0.05, 0.1) is 0 Å². The quantitative estimate of drug-likeness (QED) is 0.621. The van der Waals surface area contributed by atoms with Gasteiger partial charge in [-0.3, -0.25) is 4.79 Å². The van der Waals surface area contributed by atoms with E-state index < -0.39 is 0 Å². The van der Waals surface area contributed by atoms with E-state index in [0.717, 1.165) is 32.4 Å². The highest BCUT2D eigenvalue weighted by Crippen LogP contribution is 2.39. The number of carbonyl (C=O) groups excluding carboxylic acids is 1. The normalized spacial score (nSPS) is 24.1. The van der Waals surface area contributed by atoms with Crippen molar-refractivity contribution in [2.45, 2.75) is 86.1 Å². The molecule has 2 heteroatoms. The van der Waals surface area contributed by atoms with E-state index in [1.165, 1.54) is 19.3 Å². The average molecular weight is 296 g/mol. The Morgan fingerprint density at radius 1 is 1.24 bits per heavy atom. The molecule has 0 N–H and O–H groups in total. The summed E-state index contributed by atoms with van der Waals surface area (Å²) in [6.07, 6.45) is 6.81. The zero-order valence-corrected chi connectivity index (χ0v) is 15.2. The highest BCUT2D eigenvalue weighted by Gasteiger charge is 2.35. The number of Topliss-reactive ketones (excluding diaryl/α,β-unsaturated/α-hetero) is 1. The number of ketones is 1. The highest BCUT2D eigenvalue weighted by atomic mass is 16.1. The van der Waals surface area contributed by atoms with Crippen LogP contribution in [0.4, 0.5) is 0 Å². The zero-order valence-electron chi connectivity index (χ0n) is 15.2. The van der Waals surface area contributed by atoms with Gasteiger partial charge in [0.1, 0.15) is 5.78 Å². The summed E-state index contributed by atoms with van der Waals surface area (Å²) in [5, 5.41) is 0. The van der Waals surface area contributed by atoms with Gasteiger partial charge in [0, 0.05) is 24.9 Å². The third-order valence-corrected chi connectivity index (χ3v) is 5.22. The molecule has 0 bridgehead atoms. The molecular weight excluding hydrogens is 258 g/mol. The van der Waals surface area contributed by atoms with E-state index in [2.05, 4.69) is 46.4 Å². The standard InChI is InChI=1S/C19H37NO/c1-7-8-9-12-20(15(2)3)14-16-13-17(19(4,5)6)10-11-18(16)21/h15-17H,7-14H2,1-6H3. The summed E-state index contributed by atoms with van der Waals surface area (Å²) in [4.78, 5) is 14.9. The maximum atomic E-state index is 12.3. The second-order valence-electron chi connectivity index (χ2n) is 8.30. The van der Waals surface area contributed by atoms with Crippen LogP contribution in [0.1, 0.15) is 80.1 Å². The third kappa shape index (κ3) is 6.10. The first kappa shape index (κ1) is 18.7. The van der Waals surface area contributed by atoms with E-state index in [0.29, 0.717) is 23.2 Å². The fraction of sp³-hybridized carbons (Fsp3) is 0.947. The number of nitrogens with zero attached hydrogens (tertiary/aromatic N) is 1. The Balaban J connectivity index is 2.60. The Morgan fingerprint density at radius 2 is 1.90 bits per heavy atom. The molecule has 0 amide bonds. The largest absolute Gasteiger partial charge is 0.300 e. The Morgan fingerprint density at radius 3 is 2.43 bits per heavy atom. The van der Waals surface area contributed by atoms with E-state index in [1.54, 1.807) is 0 Å². The molecule has 0 aromatic heterocycles. The first-order chi connectivity index (χ1) is 9.75. The molecule has 0 saturated heterocycles. The molecule has 1 aliphatic carbocycles. The van der Waals surface area contributed by atoms with Crippen molar-refractivity contribution in [1.82, 2.24) is 4.90 Å². The topological polar surface area (TPSA) is 20.3 Å². The van der Waals surface area contributed by atoms with Gasteiger partial charge in [-0.25, -0.2) is 0 Å². The van der Waals surface area contributed by atoms with Crippen molar-refractivity contribution < 1.29 is 4.79 Å². The molecule has 2 nitrogen and oxygen atoms in total. The van der Waals surface area contributed by atoms with Crippen LogP contribution in [-0.2, 0) is 4.79 Å². The maximum absolute atomic E-state index is 12.3. The first-order valence-electron chi connectivity index (χ1n) is 9.02. The Bertz CT molecular complexity index is 316. The molecule has 1 aliphatic rings. The van der Waals surface area contributed by atoms with Gasteiger partial charge in [-0.15, -0.1) is 0 Å². The summed E-state index contributed by atoms with van der Waals surface area (Å²) in [6.45, 7) is 15.9. The summed E-state index contributed by atoms with van der Waals surface area (Å²) in [7, 11) is 0. The molecule has 0 aromatic rings. The summed E-state index contributed by atoms with van der Waals surface area (Å²) >= 11 is 0. The van der Waals surface area contributed by atoms with E-state index in [-0.39, 0.29) is 5.92 Å². The van der Waals surface area contributed by atoms with Crippen LogP contribution in [0.25, 0.3) is 0 Å². The number of unbranched alkanes of at least 4 members (excludes halogenated alkanes) is 2.